The van der Waals surface area contributed by atoms with Crippen LogP contribution in [0, 0.1) is 0 Å². The molecule has 2 aromatic rings. The van der Waals surface area contributed by atoms with Crippen LogP contribution < -0.4 is 4.74 Å². The molecule has 3 rings (SSSR count). The average molecular weight is 396 g/mol. The molecule has 0 bridgehead atoms. The van der Waals surface area contributed by atoms with Gasteiger partial charge in [-0.25, -0.2) is 4.98 Å². The van der Waals surface area contributed by atoms with Crippen molar-refractivity contribution in [1.82, 2.24) is 9.88 Å². The third-order valence-electron chi connectivity index (χ3n) is 5.27. The highest BCUT2D eigenvalue weighted by atomic mass is 16.5. The number of ether oxygens (including phenoxy) is 2. The van der Waals surface area contributed by atoms with E-state index in [1.165, 1.54) is 0 Å². The number of hydrogen-bond acceptors (Lipinski definition) is 5. The lowest BCUT2D eigenvalue weighted by molar-refractivity contribution is 0.0303. The normalized spacial score (nSPS) is 14.0. The second kappa shape index (κ2) is 9.65. The van der Waals surface area contributed by atoms with Crippen LogP contribution in [0.4, 0.5) is 0 Å². The van der Waals surface area contributed by atoms with Crippen LogP contribution in [0.15, 0.2) is 24.3 Å². The predicted molar refractivity (Wildman–Crippen MR) is 111 cm³/mol. The summed E-state index contributed by atoms with van der Waals surface area (Å²) in [6.07, 6.45) is 3.04. The molecular weight excluding hydrogens is 368 g/mol. The zero-order valence-electron chi connectivity index (χ0n) is 17.4. The molecule has 6 heteroatoms. The lowest BCUT2D eigenvalue weighted by Gasteiger charge is -2.26. The summed E-state index contributed by atoms with van der Waals surface area (Å²) < 4.78 is 11.4. The van der Waals surface area contributed by atoms with E-state index >= 15 is 0 Å². The molecule has 1 saturated heterocycles. The molecule has 1 aliphatic rings. The number of hydrogen-bond donors (Lipinski definition) is 0. The van der Waals surface area contributed by atoms with Gasteiger partial charge in [0.05, 0.1) is 18.9 Å². The Labute approximate surface area is 171 Å². The third kappa shape index (κ3) is 4.48. The highest BCUT2D eigenvalue weighted by Crippen LogP contribution is 2.30. The largest absolute Gasteiger partial charge is 0.439 e. The van der Waals surface area contributed by atoms with Crippen LogP contribution in [0.5, 0.6) is 11.6 Å². The first-order valence-corrected chi connectivity index (χ1v) is 10.3. The molecule has 1 aromatic carbocycles. The molecule has 29 heavy (non-hydrogen) atoms. The van der Waals surface area contributed by atoms with E-state index in [0.29, 0.717) is 55.5 Å². The molecule has 154 valence electrons. The van der Waals surface area contributed by atoms with Crippen LogP contribution in [-0.2, 0) is 24.0 Å². The molecule has 0 saturated carbocycles. The van der Waals surface area contributed by atoms with Gasteiger partial charge in [-0.15, -0.1) is 0 Å². The summed E-state index contributed by atoms with van der Waals surface area (Å²) in [5.41, 5.74) is 4.03. The number of carbonyl (C=O) groups is 2. The third-order valence-corrected chi connectivity index (χ3v) is 5.27. The van der Waals surface area contributed by atoms with Gasteiger partial charge in [0.2, 0.25) is 5.88 Å². The van der Waals surface area contributed by atoms with E-state index in [1.54, 1.807) is 29.2 Å². The van der Waals surface area contributed by atoms with Crippen LogP contribution in [0.1, 0.15) is 58.3 Å². The van der Waals surface area contributed by atoms with Crippen molar-refractivity contribution < 1.29 is 19.1 Å². The van der Waals surface area contributed by atoms with Crippen LogP contribution in [0.25, 0.3) is 0 Å². The maximum absolute atomic E-state index is 12.6. The fourth-order valence-corrected chi connectivity index (χ4v) is 3.70. The fraction of sp³-hybridized carbons (Fsp3) is 0.435. The van der Waals surface area contributed by atoms with Gasteiger partial charge in [-0.3, -0.25) is 9.59 Å². The van der Waals surface area contributed by atoms with Gasteiger partial charge in [-0.1, -0.05) is 20.8 Å². The van der Waals surface area contributed by atoms with E-state index in [-0.39, 0.29) is 5.91 Å². The molecule has 1 aromatic heterocycles. The van der Waals surface area contributed by atoms with Crippen LogP contribution in [0.2, 0.25) is 0 Å². The molecule has 0 radical (unpaired) electrons. The van der Waals surface area contributed by atoms with Crippen LogP contribution in [-0.4, -0.2) is 48.4 Å². The minimum Gasteiger partial charge on any atom is -0.439 e. The van der Waals surface area contributed by atoms with Crippen molar-refractivity contribution in [1.29, 1.82) is 0 Å². The van der Waals surface area contributed by atoms with Crippen LogP contribution >= 0.6 is 0 Å². The summed E-state index contributed by atoms with van der Waals surface area (Å²) in [7, 11) is 0. The number of aldehydes is 1. The van der Waals surface area contributed by atoms with Gasteiger partial charge in [0.1, 0.15) is 5.75 Å². The molecule has 6 nitrogen and oxygen atoms in total. The van der Waals surface area contributed by atoms with Gasteiger partial charge >= 0.3 is 0 Å². The van der Waals surface area contributed by atoms with Crippen molar-refractivity contribution in [3.8, 4) is 11.6 Å². The van der Waals surface area contributed by atoms with Crippen molar-refractivity contribution in [2.45, 2.75) is 40.0 Å². The Morgan fingerprint density at radius 1 is 1.07 bits per heavy atom. The first kappa shape index (κ1) is 21.0. The minimum absolute atomic E-state index is 0.00379. The number of carbonyl (C=O) groups excluding carboxylic acids is 2. The van der Waals surface area contributed by atoms with Gasteiger partial charge in [0.15, 0.2) is 6.29 Å². The van der Waals surface area contributed by atoms with Gasteiger partial charge in [0, 0.05) is 29.8 Å². The van der Waals surface area contributed by atoms with Crippen molar-refractivity contribution in [3.05, 3.63) is 52.2 Å². The number of benzene rings is 1. The maximum Gasteiger partial charge on any atom is 0.254 e. The average Bonchev–Trinajstić information content (AvgIpc) is 2.78. The van der Waals surface area contributed by atoms with Gasteiger partial charge < -0.3 is 14.4 Å². The number of pyridine rings is 1. The Bertz CT molecular complexity index is 871. The van der Waals surface area contributed by atoms with Crippen molar-refractivity contribution in [3.63, 3.8) is 0 Å². The molecule has 1 amide bonds. The summed E-state index contributed by atoms with van der Waals surface area (Å²) in [4.78, 5) is 30.6. The maximum atomic E-state index is 12.6. The number of morpholine rings is 1. The quantitative estimate of drug-likeness (QED) is 0.665. The lowest BCUT2D eigenvalue weighted by Crippen LogP contribution is -2.40. The molecule has 0 atom stereocenters. The lowest BCUT2D eigenvalue weighted by atomic mass is 9.96. The van der Waals surface area contributed by atoms with Gasteiger partial charge in [0.25, 0.3) is 5.91 Å². The van der Waals surface area contributed by atoms with Gasteiger partial charge in [-0.2, -0.15) is 0 Å². The Hall–Kier alpha value is -2.73. The topological polar surface area (TPSA) is 68.7 Å². The van der Waals surface area contributed by atoms with E-state index in [4.69, 9.17) is 9.47 Å². The van der Waals surface area contributed by atoms with E-state index in [9.17, 15) is 9.59 Å². The summed E-state index contributed by atoms with van der Waals surface area (Å²) in [5.74, 6) is 1.16. The highest BCUT2D eigenvalue weighted by Gasteiger charge is 2.20. The monoisotopic (exact) mass is 396 g/mol. The SMILES string of the molecule is CCc1nc(Oc2ccc(C(=O)N3CCOCC3)cc2)c(CC)c(CC)c1C=O. The first-order chi connectivity index (χ1) is 14.1. The molecular formula is C23H28N2O4. The van der Waals surface area contributed by atoms with Gasteiger partial charge in [-0.05, 0) is 49.1 Å². The first-order valence-electron chi connectivity index (χ1n) is 10.3. The Balaban J connectivity index is 1.86. The molecule has 0 N–H and O–H groups in total. The smallest absolute Gasteiger partial charge is 0.254 e. The summed E-state index contributed by atoms with van der Waals surface area (Å²) >= 11 is 0. The van der Waals surface area contributed by atoms with Crippen molar-refractivity contribution >= 4 is 12.2 Å². The van der Waals surface area contributed by atoms with E-state index < -0.39 is 0 Å². The molecule has 2 heterocycles. The van der Waals surface area contributed by atoms with Crippen LogP contribution in [0.3, 0.4) is 0 Å². The summed E-state index contributed by atoms with van der Waals surface area (Å²) in [5, 5.41) is 0. The van der Waals surface area contributed by atoms with Crippen molar-refractivity contribution in [2.24, 2.45) is 0 Å². The number of aryl methyl sites for hydroxylation is 1. The van der Waals surface area contributed by atoms with E-state index in [2.05, 4.69) is 4.98 Å². The molecule has 1 aliphatic heterocycles. The highest BCUT2D eigenvalue weighted by molar-refractivity contribution is 5.94. The Morgan fingerprint density at radius 2 is 1.72 bits per heavy atom. The van der Waals surface area contributed by atoms with E-state index in [1.807, 2.05) is 20.8 Å². The molecule has 0 spiro atoms. The Kier molecular flexibility index (Phi) is 6.99. The standard InChI is InChI=1S/C23H28N2O4/c1-4-18-19(5-2)22(24-21(6-3)20(18)15-26)29-17-9-7-16(8-10-17)23(27)25-11-13-28-14-12-25/h7-10,15H,4-6,11-14H2,1-3H3. The number of aromatic nitrogens is 1. The second-order valence-electron chi connectivity index (χ2n) is 6.94. The van der Waals surface area contributed by atoms with E-state index in [0.717, 1.165) is 35.9 Å². The molecule has 0 aliphatic carbocycles. The summed E-state index contributed by atoms with van der Waals surface area (Å²) in [6.45, 7) is 8.44. The zero-order valence-corrected chi connectivity index (χ0v) is 17.4. The second-order valence-corrected chi connectivity index (χ2v) is 6.94. The fourth-order valence-electron chi connectivity index (χ4n) is 3.70. The van der Waals surface area contributed by atoms with Crippen molar-refractivity contribution in [2.75, 3.05) is 26.3 Å². The Morgan fingerprint density at radius 3 is 2.28 bits per heavy atom. The number of rotatable bonds is 7. The summed E-state index contributed by atoms with van der Waals surface area (Å²) in [6, 6.07) is 7.14. The number of nitrogens with zero attached hydrogens (tertiary/aromatic N) is 2. The molecule has 0 unspecified atom stereocenters. The zero-order chi connectivity index (χ0) is 20.8. The predicted octanol–water partition coefficient (Wildman–Crippen LogP) is 3.85. The molecule has 1 fully saturated rings. The minimum atomic E-state index is 0.00379. The number of amides is 1.